The fourth-order valence-corrected chi connectivity index (χ4v) is 1.69. The molecule has 1 aromatic carbocycles. The second-order valence-electron chi connectivity index (χ2n) is 3.55. The van der Waals surface area contributed by atoms with Gasteiger partial charge in [-0.05, 0) is 30.7 Å². The first-order chi connectivity index (χ1) is 6.84. The van der Waals surface area contributed by atoms with Crippen LogP contribution in [-0.4, -0.2) is 19.2 Å². The number of nitrogens with one attached hydrogen (secondary N) is 1. The van der Waals surface area contributed by atoms with Crippen molar-refractivity contribution < 1.29 is 4.74 Å². The first-order valence-electron chi connectivity index (χ1n) is 4.91. The summed E-state index contributed by atoms with van der Waals surface area (Å²) in [4.78, 5) is 0. The molecule has 84 valence electrons. The predicted molar refractivity (Wildman–Crippen MR) is 64.8 cm³/mol. The minimum atomic E-state index is 0. The molecule has 1 aromatic rings. The Morgan fingerprint density at radius 2 is 2.07 bits per heavy atom. The summed E-state index contributed by atoms with van der Waals surface area (Å²) in [7, 11) is 0. The Bertz CT molecular complexity index is 283. The zero-order valence-electron chi connectivity index (χ0n) is 8.41. The number of hydrogen-bond donors (Lipinski definition) is 1. The van der Waals surface area contributed by atoms with Gasteiger partial charge >= 0.3 is 0 Å². The second kappa shape index (κ2) is 6.33. The molecule has 2 rings (SSSR count). The quantitative estimate of drug-likeness (QED) is 0.887. The molecule has 0 amide bonds. The van der Waals surface area contributed by atoms with Crippen molar-refractivity contribution in [3.8, 4) is 0 Å². The molecule has 1 atom stereocenters. The highest BCUT2D eigenvalue weighted by Crippen LogP contribution is 2.12. The Hall–Kier alpha value is -0.280. The van der Waals surface area contributed by atoms with Crippen LogP contribution in [0, 0.1) is 0 Å². The van der Waals surface area contributed by atoms with Gasteiger partial charge < -0.3 is 10.1 Å². The molecule has 0 bridgehead atoms. The molecule has 1 aliphatic heterocycles. The Kier molecular flexibility index (Phi) is 5.40. The highest BCUT2D eigenvalue weighted by Gasteiger charge is 2.14. The first-order valence-corrected chi connectivity index (χ1v) is 5.29. The number of hydrogen-bond acceptors (Lipinski definition) is 2. The Labute approximate surface area is 101 Å². The summed E-state index contributed by atoms with van der Waals surface area (Å²) in [6, 6.07) is 7.80. The standard InChI is InChI=1S/C11H14ClNO.ClH/c12-10-3-1-9(2-4-10)8-14-11-5-6-13-7-11;/h1-4,11,13H,5-8H2;1H/t11-;/m1./s1. The van der Waals surface area contributed by atoms with Gasteiger partial charge in [-0.2, -0.15) is 0 Å². The summed E-state index contributed by atoms with van der Waals surface area (Å²) in [5.74, 6) is 0. The predicted octanol–water partition coefficient (Wildman–Crippen LogP) is 2.64. The van der Waals surface area contributed by atoms with Crippen molar-refractivity contribution >= 4 is 24.0 Å². The molecule has 1 aliphatic rings. The summed E-state index contributed by atoms with van der Waals surface area (Å²) in [5.41, 5.74) is 1.18. The lowest BCUT2D eigenvalue weighted by Crippen LogP contribution is -2.16. The monoisotopic (exact) mass is 247 g/mol. The van der Waals surface area contributed by atoms with E-state index in [0.717, 1.165) is 24.5 Å². The third-order valence-electron chi connectivity index (χ3n) is 2.41. The van der Waals surface area contributed by atoms with Crippen LogP contribution in [0.3, 0.4) is 0 Å². The molecule has 0 aromatic heterocycles. The highest BCUT2D eigenvalue weighted by atomic mass is 35.5. The molecule has 15 heavy (non-hydrogen) atoms. The number of ether oxygens (including phenoxy) is 1. The molecule has 4 heteroatoms. The van der Waals surface area contributed by atoms with Crippen molar-refractivity contribution in [1.82, 2.24) is 5.32 Å². The summed E-state index contributed by atoms with van der Waals surface area (Å²) >= 11 is 5.79. The lowest BCUT2D eigenvalue weighted by molar-refractivity contribution is 0.0542. The number of halogens is 2. The first kappa shape index (κ1) is 12.8. The third-order valence-corrected chi connectivity index (χ3v) is 2.67. The zero-order chi connectivity index (χ0) is 9.80. The fraction of sp³-hybridized carbons (Fsp3) is 0.455. The van der Waals surface area contributed by atoms with Crippen LogP contribution in [0.2, 0.25) is 5.02 Å². The van der Waals surface area contributed by atoms with Crippen LogP contribution in [0.5, 0.6) is 0 Å². The van der Waals surface area contributed by atoms with Crippen molar-refractivity contribution in [1.29, 1.82) is 0 Å². The largest absolute Gasteiger partial charge is 0.372 e. The van der Waals surface area contributed by atoms with Crippen molar-refractivity contribution in [3.05, 3.63) is 34.9 Å². The number of rotatable bonds is 3. The van der Waals surface area contributed by atoms with Crippen molar-refractivity contribution in [2.45, 2.75) is 19.1 Å². The molecule has 0 saturated carbocycles. The van der Waals surface area contributed by atoms with Crippen LogP contribution in [0.1, 0.15) is 12.0 Å². The van der Waals surface area contributed by atoms with Gasteiger partial charge in [-0.3, -0.25) is 0 Å². The normalized spacial score (nSPS) is 19.9. The van der Waals surface area contributed by atoms with Gasteiger partial charge in [0.25, 0.3) is 0 Å². The van der Waals surface area contributed by atoms with Gasteiger partial charge in [0, 0.05) is 11.6 Å². The molecule has 1 heterocycles. The van der Waals surface area contributed by atoms with E-state index in [9.17, 15) is 0 Å². The Morgan fingerprint density at radius 1 is 1.33 bits per heavy atom. The van der Waals surface area contributed by atoms with E-state index in [0.29, 0.717) is 12.7 Å². The summed E-state index contributed by atoms with van der Waals surface area (Å²) in [6.45, 7) is 2.74. The summed E-state index contributed by atoms with van der Waals surface area (Å²) in [5, 5.41) is 4.05. The van der Waals surface area contributed by atoms with Crippen LogP contribution >= 0.6 is 24.0 Å². The maximum atomic E-state index is 5.79. The van der Waals surface area contributed by atoms with Crippen molar-refractivity contribution in [3.63, 3.8) is 0 Å². The van der Waals surface area contributed by atoms with E-state index >= 15 is 0 Å². The van der Waals surface area contributed by atoms with Crippen LogP contribution < -0.4 is 5.32 Å². The summed E-state index contributed by atoms with van der Waals surface area (Å²) < 4.78 is 5.72. The SMILES string of the molecule is Cl.Clc1ccc(CO[C@@H]2CCNC2)cc1. The fourth-order valence-electron chi connectivity index (χ4n) is 1.57. The van der Waals surface area contributed by atoms with Gasteiger partial charge in [-0.25, -0.2) is 0 Å². The van der Waals surface area contributed by atoms with Gasteiger partial charge in [-0.15, -0.1) is 12.4 Å². The molecule has 0 radical (unpaired) electrons. The average molecular weight is 248 g/mol. The van der Waals surface area contributed by atoms with Gasteiger partial charge in [0.2, 0.25) is 0 Å². The van der Waals surface area contributed by atoms with Gasteiger partial charge in [0.1, 0.15) is 0 Å². The van der Waals surface area contributed by atoms with E-state index in [4.69, 9.17) is 16.3 Å². The smallest absolute Gasteiger partial charge is 0.0721 e. The van der Waals surface area contributed by atoms with E-state index in [1.165, 1.54) is 5.56 Å². The maximum absolute atomic E-state index is 5.79. The van der Waals surface area contributed by atoms with Gasteiger partial charge in [0.15, 0.2) is 0 Å². The third kappa shape index (κ3) is 3.99. The van der Waals surface area contributed by atoms with E-state index in [-0.39, 0.29) is 12.4 Å². The lowest BCUT2D eigenvalue weighted by atomic mass is 10.2. The summed E-state index contributed by atoms with van der Waals surface area (Å²) in [6.07, 6.45) is 1.50. The van der Waals surface area contributed by atoms with Gasteiger partial charge in [0.05, 0.1) is 12.7 Å². The lowest BCUT2D eigenvalue weighted by Gasteiger charge is -2.10. The number of benzene rings is 1. The van der Waals surface area contributed by atoms with Gasteiger partial charge in [-0.1, -0.05) is 23.7 Å². The molecule has 1 N–H and O–H groups in total. The molecule has 0 unspecified atom stereocenters. The zero-order valence-corrected chi connectivity index (χ0v) is 9.98. The van der Waals surface area contributed by atoms with Crippen LogP contribution in [-0.2, 0) is 11.3 Å². The molecular formula is C11H15Cl2NO. The molecule has 0 aliphatic carbocycles. The minimum absolute atomic E-state index is 0. The van der Waals surface area contributed by atoms with Crippen LogP contribution in [0.15, 0.2) is 24.3 Å². The van der Waals surface area contributed by atoms with Crippen LogP contribution in [0.25, 0.3) is 0 Å². The van der Waals surface area contributed by atoms with Crippen LogP contribution in [0.4, 0.5) is 0 Å². The molecule has 2 nitrogen and oxygen atoms in total. The molecule has 1 saturated heterocycles. The highest BCUT2D eigenvalue weighted by molar-refractivity contribution is 6.30. The second-order valence-corrected chi connectivity index (χ2v) is 3.99. The van der Waals surface area contributed by atoms with E-state index in [1.54, 1.807) is 0 Å². The Balaban J connectivity index is 0.00000112. The topological polar surface area (TPSA) is 21.3 Å². The minimum Gasteiger partial charge on any atom is -0.372 e. The van der Waals surface area contributed by atoms with Crippen molar-refractivity contribution in [2.75, 3.05) is 13.1 Å². The molecule has 1 fully saturated rings. The Morgan fingerprint density at radius 3 is 2.67 bits per heavy atom. The van der Waals surface area contributed by atoms with E-state index in [1.807, 2.05) is 24.3 Å². The van der Waals surface area contributed by atoms with Crippen molar-refractivity contribution in [2.24, 2.45) is 0 Å². The molecule has 0 spiro atoms. The average Bonchev–Trinajstić information content (AvgIpc) is 2.70. The van der Waals surface area contributed by atoms with E-state index < -0.39 is 0 Å². The van der Waals surface area contributed by atoms with E-state index in [2.05, 4.69) is 5.32 Å². The molecular weight excluding hydrogens is 233 g/mol. The maximum Gasteiger partial charge on any atom is 0.0721 e.